The van der Waals surface area contributed by atoms with Gasteiger partial charge in [-0.2, -0.15) is 15.0 Å². The van der Waals surface area contributed by atoms with Crippen LogP contribution >= 0.6 is 0 Å². The van der Waals surface area contributed by atoms with E-state index in [9.17, 15) is 0 Å². The number of hydrogen-bond acceptors (Lipinski definition) is 6. The number of anilines is 2. The molecule has 112 valence electrons. The van der Waals surface area contributed by atoms with Crippen LogP contribution < -0.4 is 10.6 Å². The van der Waals surface area contributed by atoms with Gasteiger partial charge in [0.15, 0.2) is 0 Å². The van der Waals surface area contributed by atoms with Gasteiger partial charge in [0.2, 0.25) is 17.8 Å². The van der Waals surface area contributed by atoms with Crippen LogP contribution in [-0.2, 0) is 0 Å². The molecule has 1 saturated carbocycles. The zero-order valence-electron chi connectivity index (χ0n) is 12.5. The zero-order chi connectivity index (χ0) is 14.8. The third kappa shape index (κ3) is 2.96. The van der Waals surface area contributed by atoms with E-state index < -0.39 is 0 Å². The maximum Gasteiger partial charge on any atom is 0.241 e. The van der Waals surface area contributed by atoms with Crippen LogP contribution in [0.3, 0.4) is 0 Å². The number of hydrogen-bond donors (Lipinski definition) is 1. The minimum Gasteiger partial charge on any atom is -0.368 e. The third-order valence-corrected chi connectivity index (χ3v) is 4.21. The van der Waals surface area contributed by atoms with Crippen molar-refractivity contribution in [3.05, 3.63) is 18.7 Å². The number of aromatic nitrogens is 5. The summed E-state index contributed by atoms with van der Waals surface area (Å²) in [7, 11) is 2.03. The number of imidazole rings is 1. The average Bonchev–Trinajstić information content (AvgIpc) is 3.01. The van der Waals surface area contributed by atoms with E-state index in [0.29, 0.717) is 17.9 Å². The van der Waals surface area contributed by atoms with Gasteiger partial charge in [0.25, 0.3) is 0 Å². The summed E-state index contributed by atoms with van der Waals surface area (Å²) in [5.41, 5.74) is 5.83. The molecule has 21 heavy (non-hydrogen) atoms. The van der Waals surface area contributed by atoms with E-state index in [1.165, 1.54) is 25.7 Å². The minimum atomic E-state index is 0.236. The Hall–Kier alpha value is -2.18. The fraction of sp³-hybridized carbons (Fsp3) is 0.571. The summed E-state index contributed by atoms with van der Waals surface area (Å²) in [6.45, 7) is 2.31. The van der Waals surface area contributed by atoms with Gasteiger partial charge in [0.05, 0.1) is 0 Å². The lowest BCUT2D eigenvalue weighted by Crippen LogP contribution is -2.36. The van der Waals surface area contributed by atoms with Crippen molar-refractivity contribution < 1.29 is 0 Å². The second kappa shape index (κ2) is 5.67. The van der Waals surface area contributed by atoms with Gasteiger partial charge in [-0.3, -0.25) is 4.57 Å². The predicted octanol–water partition coefficient (Wildman–Crippen LogP) is 1.65. The lowest BCUT2D eigenvalue weighted by Gasteiger charge is -2.33. The van der Waals surface area contributed by atoms with Gasteiger partial charge in [-0.25, -0.2) is 4.98 Å². The Morgan fingerprint density at radius 2 is 1.95 bits per heavy atom. The molecule has 7 nitrogen and oxygen atoms in total. The van der Waals surface area contributed by atoms with Crippen molar-refractivity contribution in [2.24, 2.45) is 5.92 Å². The number of nitrogens with two attached hydrogens (primary N) is 1. The van der Waals surface area contributed by atoms with Crippen molar-refractivity contribution in [3.8, 4) is 5.95 Å². The number of nitrogens with zero attached hydrogens (tertiary/aromatic N) is 6. The molecule has 0 radical (unpaired) electrons. The van der Waals surface area contributed by atoms with Crippen molar-refractivity contribution in [1.82, 2.24) is 24.5 Å². The fourth-order valence-corrected chi connectivity index (χ4v) is 2.81. The standard InChI is InChI=1S/C14H21N7/c1-10-3-5-11(6-4-10)20(2)13-17-12(15)18-14(19-13)21-8-7-16-9-21/h7-11H,3-6H2,1-2H3,(H2,15,17,18,19). The molecule has 2 aromatic rings. The molecule has 0 amide bonds. The van der Waals surface area contributed by atoms with Gasteiger partial charge in [-0.05, 0) is 31.6 Å². The molecule has 0 unspecified atom stereocenters. The van der Waals surface area contributed by atoms with Gasteiger partial charge in [0, 0.05) is 25.5 Å². The van der Waals surface area contributed by atoms with Crippen LogP contribution in [0.15, 0.2) is 18.7 Å². The molecule has 0 saturated heterocycles. The predicted molar refractivity (Wildman–Crippen MR) is 81.2 cm³/mol. The largest absolute Gasteiger partial charge is 0.368 e. The molecule has 1 aliphatic rings. The van der Waals surface area contributed by atoms with Crippen LogP contribution in [0.2, 0.25) is 0 Å². The number of rotatable bonds is 3. The Labute approximate surface area is 124 Å². The molecule has 2 aromatic heterocycles. The zero-order valence-corrected chi connectivity index (χ0v) is 12.5. The Balaban J connectivity index is 1.84. The molecular weight excluding hydrogens is 266 g/mol. The quantitative estimate of drug-likeness (QED) is 0.924. The molecule has 0 atom stereocenters. The lowest BCUT2D eigenvalue weighted by molar-refractivity contribution is 0.339. The van der Waals surface area contributed by atoms with Crippen molar-refractivity contribution in [1.29, 1.82) is 0 Å². The van der Waals surface area contributed by atoms with Crippen molar-refractivity contribution in [2.45, 2.75) is 38.6 Å². The summed E-state index contributed by atoms with van der Waals surface area (Å²) < 4.78 is 1.73. The molecule has 2 N–H and O–H groups in total. The summed E-state index contributed by atoms with van der Waals surface area (Å²) in [6.07, 6.45) is 9.98. The van der Waals surface area contributed by atoms with E-state index in [1.54, 1.807) is 23.3 Å². The second-order valence-electron chi connectivity index (χ2n) is 5.79. The molecule has 0 spiro atoms. The lowest BCUT2D eigenvalue weighted by atomic mass is 9.87. The Morgan fingerprint density at radius 1 is 1.19 bits per heavy atom. The average molecular weight is 287 g/mol. The van der Waals surface area contributed by atoms with Gasteiger partial charge in [-0.1, -0.05) is 6.92 Å². The van der Waals surface area contributed by atoms with E-state index in [2.05, 4.69) is 31.8 Å². The first-order valence-electron chi connectivity index (χ1n) is 7.36. The number of nitrogen functional groups attached to an aromatic ring is 1. The van der Waals surface area contributed by atoms with E-state index in [1.807, 2.05) is 7.05 Å². The van der Waals surface area contributed by atoms with Crippen LogP contribution in [0.1, 0.15) is 32.6 Å². The van der Waals surface area contributed by atoms with Crippen molar-refractivity contribution >= 4 is 11.9 Å². The fourth-order valence-electron chi connectivity index (χ4n) is 2.81. The first-order valence-corrected chi connectivity index (χ1v) is 7.36. The van der Waals surface area contributed by atoms with E-state index in [0.717, 1.165) is 5.92 Å². The highest BCUT2D eigenvalue weighted by Crippen LogP contribution is 2.28. The highest BCUT2D eigenvalue weighted by atomic mass is 15.3. The molecule has 3 rings (SSSR count). The van der Waals surface area contributed by atoms with Crippen LogP contribution in [-0.4, -0.2) is 37.6 Å². The van der Waals surface area contributed by atoms with Crippen LogP contribution in [0.5, 0.6) is 0 Å². The normalized spacial score (nSPS) is 22.2. The molecule has 7 heteroatoms. The monoisotopic (exact) mass is 287 g/mol. The topological polar surface area (TPSA) is 85.8 Å². The van der Waals surface area contributed by atoms with Gasteiger partial charge in [0.1, 0.15) is 6.33 Å². The second-order valence-corrected chi connectivity index (χ2v) is 5.79. The van der Waals surface area contributed by atoms with Crippen molar-refractivity contribution in [2.75, 3.05) is 17.7 Å². The summed E-state index contributed by atoms with van der Waals surface area (Å²) in [5.74, 6) is 2.19. The van der Waals surface area contributed by atoms with Crippen molar-refractivity contribution in [3.63, 3.8) is 0 Å². The third-order valence-electron chi connectivity index (χ3n) is 4.21. The van der Waals surface area contributed by atoms with Crippen LogP contribution in [0.4, 0.5) is 11.9 Å². The molecule has 0 aliphatic heterocycles. The molecular formula is C14H21N7. The SMILES string of the molecule is CC1CCC(N(C)c2nc(N)nc(-n3ccnc3)n2)CC1. The summed E-state index contributed by atoms with van der Waals surface area (Å²) in [5, 5.41) is 0. The first-order chi connectivity index (χ1) is 10.1. The van der Waals surface area contributed by atoms with E-state index in [-0.39, 0.29) is 5.95 Å². The van der Waals surface area contributed by atoms with Gasteiger partial charge < -0.3 is 10.6 Å². The highest BCUT2D eigenvalue weighted by molar-refractivity contribution is 5.38. The smallest absolute Gasteiger partial charge is 0.241 e. The van der Waals surface area contributed by atoms with E-state index in [4.69, 9.17) is 5.73 Å². The Kier molecular flexibility index (Phi) is 3.72. The maximum atomic E-state index is 5.83. The van der Waals surface area contributed by atoms with E-state index >= 15 is 0 Å². The Bertz CT molecular complexity index is 587. The molecule has 0 bridgehead atoms. The Morgan fingerprint density at radius 3 is 2.62 bits per heavy atom. The molecule has 0 aromatic carbocycles. The van der Waals surface area contributed by atoms with Gasteiger partial charge >= 0.3 is 0 Å². The minimum absolute atomic E-state index is 0.236. The summed E-state index contributed by atoms with van der Waals surface area (Å²) >= 11 is 0. The molecule has 1 fully saturated rings. The van der Waals surface area contributed by atoms with Crippen LogP contribution in [0.25, 0.3) is 5.95 Å². The first kappa shape index (κ1) is 13.8. The van der Waals surface area contributed by atoms with Crippen LogP contribution in [0, 0.1) is 5.92 Å². The maximum absolute atomic E-state index is 5.83. The molecule has 2 heterocycles. The molecule has 1 aliphatic carbocycles. The summed E-state index contributed by atoms with van der Waals surface area (Å²) in [4.78, 5) is 19.1. The highest BCUT2D eigenvalue weighted by Gasteiger charge is 2.24. The summed E-state index contributed by atoms with van der Waals surface area (Å²) in [6, 6.07) is 0.471. The van der Waals surface area contributed by atoms with Gasteiger partial charge in [-0.15, -0.1) is 0 Å².